The van der Waals surface area contributed by atoms with Crippen LogP contribution in [0.5, 0.6) is 0 Å². The number of ether oxygens (including phenoxy) is 3. The van der Waals surface area contributed by atoms with Gasteiger partial charge in [-0.05, 0) is 19.3 Å². The predicted octanol–water partition coefficient (Wildman–Crippen LogP) is 2.78. The van der Waals surface area contributed by atoms with Crippen molar-refractivity contribution in [1.82, 2.24) is 0 Å². The van der Waals surface area contributed by atoms with Crippen LogP contribution >= 0.6 is 0 Å². The van der Waals surface area contributed by atoms with Gasteiger partial charge in [-0.1, -0.05) is 33.6 Å². The minimum absolute atomic E-state index is 0.00662. The van der Waals surface area contributed by atoms with Gasteiger partial charge < -0.3 is 14.2 Å². The van der Waals surface area contributed by atoms with Crippen LogP contribution in [0.1, 0.15) is 52.9 Å². The molecular formula is C18H26O5. The molecule has 0 N–H and O–H groups in total. The van der Waals surface area contributed by atoms with Crippen molar-refractivity contribution in [2.24, 2.45) is 11.3 Å². The minimum Gasteiger partial charge on any atom is -0.462 e. The van der Waals surface area contributed by atoms with E-state index in [2.05, 4.69) is 0 Å². The van der Waals surface area contributed by atoms with Crippen LogP contribution in [0.3, 0.4) is 0 Å². The zero-order chi connectivity index (χ0) is 16.6. The Morgan fingerprint density at radius 3 is 2.35 bits per heavy atom. The van der Waals surface area contributed by atoms with Crippen LogP contribution in [0.15, 0.2) is 11.1 Å². The van der Waals surface area contributed by atoms with Crippen LogP contribution in [0.4, 0.5) is 0 Å². The largest absolute Gasteiger partial charge is 0.462 e. The fourth-order valence-corrected chi connectivity index (χ4v) is 4.00. The smallest absolute Gasteiger partial charge is 0.335 e. The Labute approximate surface area is 137 Å². The topological polar surface area (TPSA) is 65.1 Å². The van der Waals surface area contributed by atoms with Gasteiger partial charge in [-0.2, -0.15) is 0 Å². The summed E-state index contributed by atoms with van der Waals surface area (Å²) in [5.74, 6) is -0.726. The van der Waals surface area contributed by atoms with Gasteiger partial charge >= 0.3 is 11.9 Å². The molecule has 2 bridgehead atoms. The van der Waals surface area contributed by atoms with E-state index in [1.54, 1.807) is 0 Å². The zero-order valence-corrected chi connectivity index (χ0v) is 14.2. The molecule has 3 rings (SSSR count). The first-order valence-corrected chi connectivity index (χ1v) is 8.79. The lowest BCUT2D eigenvalue weighted by molar-refractivity contribution is -0.143. The van der Waals surface area contributed by atoms with E-state index in [0.717, 1.165) is 32.1 Å². The number of epoxide rings is 1. The van der Waals surface area contributed by atoms with Crippen molar-refractivity contribution in [3.05, 3.63) is 11.1 Å². The average molecular weight is 322 g/mol. The summed E-state index contributed by atoms with van der Waals surface area (Å²) in [4.78, 5) is 25.1. The third-order valence-electron chi connectivity index (χ3n) is 5.29. The highest BCUT2D eigenvalue weighted by atomic mass is 16.6. The fraction of sp³-hybridized carbons (Fsp3) is 0.778. The summed E-state index contributed by atoms with van der Waals surface area (Å²) >= 11 is 0. The number of unbranched alkanes of at least 4 members (excludes halogenated alkanes) is 2. The van der Waals surface area contributed by atoms with Gasteiger partial charge in [-0.15, -0.1) is 0 Å². The summed E-state index contributed by atoms with van der Waals surface area (Å²) in [6.07, 6.45) is 4.53. The van der Waals surface area contributed by atoms with Crippen molar-refractivity contribution in [3.63, 3.8) is 0 Å². The molecule has 1 aliphatic heterocycles. The van der Waals surface area contributed by atoms with Crippen molar-refractivity contribution >= 4 is 11.9 Å². The van der Waals surface area contributed by atoms with Crippen molar-refractivity contribution in [3.8, 4) is 0 Å². The van der Waals surface area contributed by atoms with E-state index >= 15 is 0 Å². The summed E-state index contributed by atoms with van der Waals surface area (Å²) in [7, 11) is 0. The summed E-state index contributed by atoms with van der Waals surface area (Å²) in [6.45, 7) is 6.90. The zero-order valence-electron chi connectivity index (χ0n) is 14.2. The predicted molar refractivity (Wildman–Crippen MR) is 83.6 cm³/mol. The third kappa shape index (κ3) is 2.69. The fourth-order valence-electron chi connectivity index (χ4n) is 4.00. The van der Waals surface area contributed by atoms with E-state index in [0.29, 0.717) is 24.4 Å². The van der Waals surface area contributed by atoms with E-state index in [1.807, 2.05) is 20.8 Å². The molecule has 5 heteroatoms. The van der Waals surface area contributed by atoms with Gasteiger partial charge in [0.05, 0.1) is 36.6 Å². The van der Waals surface area contributed by atoms with E-state index in [9.17, 15) is 9.59 Å². The maximum Gasteiger partial charge on any atom is 0.335 e. The summed E-state index contributed by atoms with van der Waals surface area (Å²) in [5.41, 5.74) is 0.639. The molecule has 0 aromatic carbocycles. The number of hydrogen-bond acceptors (Lipinski definition) is 5. The van der Waals surface area contributed by atoms with Crippen LogP contribution < -0.4 is 0 Å². The summed E-state index contributed by atoms with van der Waals surface area (Å²) < 4.78 is 16.5. The normalized spacial score (nSPS) is 33.6. The van der Waals surface area contributed by atoms with Crippen LogP contribution in [-0.4, -0.2) is 37.4 Å². The number of fused-ring (bicyclic) bond motifs is 5. The Hall–Kier alpha value is -1.36. The highest BCUT2D eigenvalue weighted by Gasteiger charge is 2.72. The van der Waals surface area contributed by atoms with E-state index in [-0.39, 0.29) is 30.1 Å². The number of carbonyl (C=O) groups excluding carboxylic acids is 2. The van der Waals surface area contributed by atoms with Crippen molar-refractivity contribution < 1.29 is 23.8 Å². The molecule has 2 aliphatic carbocycles. The molecule has 0 aromatic rings. The van der Waals surface area contributed by atoms with Gasteiger partial charge in [-0.25, -0.2) is 9.59 Å². The number of esters is 2. The lowest BCUT2D eigenvalue weighted by Gasteiger charge is -2.24. The Kier molecular flexibility index (Phi) is 4.50. The van der Waals surface area contributed by atoms with Crippen LogP contribution in [0.2, 0.25) is 0 Å². The molecule has 1 saturated carbocycles. The molecule has 0 amide bonds. The molecule has 4 atom stereocenters. The number of hydrogen-bond donors (Lipinski definition) is 0. The second-order valence-electron chi connectivity index (χ2n) is 7.02. The van der Waals surface area contributed by atoms with Crippen LogP contribution in [0, 0.1) is 11.3 Å². The lowest BCUT2D eigenvalue weighted by Crippen LogP contribution is -2.31. The second-order valence-corrected chi connectivity index (χ2v) is 7.02. The maximum atomic E-state index is 12.6. The van der Waals surface area contributed by atoms with Crippen LogP contribution in [0.25, 0.3) is 0 Å². The summed E-state index contributed by atoms with van der Waals surface area (Å²) in [5, 5.41) is 0. The first-order chi connectivity index (χ1) is 11.0. The molecular weight excluding hydrogens is 296 g/mol. The van der Waals surface area contributed by atoms with Crippen molar-refractivity contribution in [2.45, 2.75) is 65.1 Å². The quantitative estimate of drug-likeness (QED) is 0.390. The molecule has 128 valence electrons. The molecule has 5 nitrogen and oxygen atoms in total. The monoisotopic (exact) mass is 322 g/mol. The van der Waals surface area contributed by atoms with E-state index in [1.165, 1.54) is 0 Å². The average Bonchev–Trinajstić information content (AvgIpc) is 3.21. The summed E-state index contributed by atoms with van der Waals surface area (Å²) in [6, 6.07) is 0. The van der Waals surface area contributed by atoms with Gasteiger partial charge in [0, 0.05) is 11.3 Å². The molecule has 3 aliphatic rings. The molecule has 2 fully saturated rings. The third-order valence-corrected chi connectivity index (χ3v) is 5.29. The number of carbonyl (C=O) groups is 2. The minimum atomic E-state index is -0.391. The molecule has 0 radical (unpaired) electrons. The number of rotatable bonds is 8. The SMILES string of the molecule is CCCCOC(=O)C1=C(C(=O)OCCCC)C2(C)CC1C1OC12. The molecule has 4 unspecified atom stereocenters. The van der Waals surface area contributed by atoms with Gasteiger partial charge in [0.1, 0.15) is 0 Å². The van der Waals surface area contributed by atoms with Gasteiger partial charge in [0.25, 0.3) is 0 Å². The molecule has 0 spiro atoms. The molecule has 1 saturated heterocycles. The second kappa shape index (κ2) is 6.27. The molecule has 0 aromatic heterocycles. The van der Waals surface area contributed by atoms with Crippen LogP contribution in [-0.2, 0) is 23.8 Å². The van der Waals surface area contributed by atoms with Gasteiger partial charge in [0.2, 0.25) is 0 Å². The van der Waals surface area contributed by atoms with E-state index < -0.39 is 5.41 Å². The Balaban J connectivity index is 1.80. The van der Waals surface area contributed by atoms with Crippen molar-refractivity contribution in [1.29, 1.82) is 0 Å². The lowest BCUT2D eigenvalue weighted by atomic mass is 9.80. The van der Waals surface area contributed by atoms with Gasteiger partial charge in [-0.3, -0.25) is 0 Å². The van der Waals surface area contributed by atoms with Gasteiger partial charge in [0.15, 0.2) is 0 Å². The Morgan fingerprint density at radius 1 is 1.13 bits per heavy atom. The highest BCUT2D eigenvalue weighted by Crippen LogP contribution is 2.66. The maximum absolute atomic E-state index is 12.6. The first kappa shape index (κ1) is 16.5. The first-order valence-electron chi connectivity index (χ1n) is 8.79. The Bertz CT molecular complexity index is 538. The van der Waals surface area contributed by atoms with Crippen molar-refractivity contribution in [2.75, 3.05) is 13.2 Å². The molecule has 23 heavy (non-hydrogen) atoms. The molecule has 1 heterocycles. The standard InChI is InChI=1S/C18H26O5/c1-4-6-8-21-16(19)12-11-10-18(3,15-14(11)23-15)13(12)17(20)22-9-7-5-2/h11,14-15H,4-10H2,1-3H3. The highest BCUT2D eigenvalue weighted by molar-refractivity contribution is 6.04. The van der Waals surface area contributed by atoms with E-state index in [4.69, 9.17) is 14.2 Å². The Morgan fingerprint density at radius 2 is 1.74 bits per heavy atom.